The lowest BCUT2D eigenvalue weighted by atomic mass is 9.65. The quantitative estimate of drug-likeness (QED) is 0.429. The van der Waals surface area contributed by atoms with Gasteiger partial charge in [0.15, 0.2) is 5.96 Å². The Kier molecular flexibility index (Phi) is 6.22. The Labute approximate surface area is 169 Å². The second-order valence-corrected chi connectivity index (χ2v) is 8.15. The van der Waals surface area contributed by atoms with E-state index in [4.69, 9.17) is 0 Å². The first-order valence-electron chi connectivity index (χ1n) is 9.03. The summed E-state index contributed by atoms with van der Waals surface area (Å²) in [4.78, 5) is 13.8. The van der Waals surface area contributed by atoms with Crippen LogP contribution in [0.5, 0.6) is 0 Å². The largest absolute Gasteiger partial charge is 0.357 e. The van der Waals surface area contributed by atoms with Gasteiger partial charge >= 0.3 is 0 Å². The van der Waals surface area contributed by atoms with Crippen LogP contribution in [0, 0.1) is 5.41 Å². The molecule has 0 radical (unpaired) electrons. The van der Waals surface area contributed by atoms with Crippen molar-refractivity contribution in [3.63, 3.8) is 0 Å². The lowest BCUT2D eigenvalue weighted by molar-refractivity contribution is -0.0667. The number of rotatable bonds is 3. The summed E-state index contributed by atoms with van der Waals surface area (Å²) in [6, 6.07) is 4.29. The molecule has 3 rings (SSSR count). The highest BCUT2D eigenvalue weighted by Crippen LogP contribution is 2.46. The monoisotopic (exact) mass is 457 g/mol. The predicted molar refractivity (Wildman–Crippen MR) is 116 cm³/mol. The second-order valence-electron chi connectivity index (χ2n) is 8.15. The van der Waals surface area contributed by atoms with Crippen molar-refractivity contribution in [1.29, 1.82) is 0 Å². The molecule has 0 aromatic carbocycles. The lowest BCUT2D eigenvalue weighted by Gasteiger charge is -2.62. The Morgan fingerprint density at radius 3 is 2.48 bits per heavy atom. The molecule has 6 heteroatoms. The summed E-state index contributed by atoms with van der Waals surface area (Å²) in [5, 5.41) is 3.53. The number of anilines is 1. The maximum atomic E-state index is 4.53. The van der Waals surface area contributed by atoms with Gasteiger partial charge in [0.05, 0.1) is 0 Å². The van der Waals surface area contributed by atoms with Gasteiger partial charge in [-0.1, -0.05) is 13.8 Å². The van der Waals surface area contributed by atoms with Crippen LogP contribution in [-0.2, 0) is 6.54 Å². The summed E-state index contributed by atoms with van der Waals surface area (Å²) in [7, 11) is 1.87. The molecular weight excluding hydrogens is 425 g/mol. The van der Waals surface area contributed by atoms with Crippen molar-refractivity contribution < 1.29 is 0 Å². The number of pyridine rings is 1. The van der Waals surface area contributed by atoms with Crippen LogP contribution in [0.25, 0.3) is 0 Å². The van der Waals surface area contributed by atoms with Crippen molar-refractivity contribution in [3.05, 3.63) is 23.9 Å². The van der Waals surface area contributed by atoms with Crippen LogP contribution >= 0.6 is 24.0 Å². The first-order valence-corrected chi connectivity index (χ1v) is 9.03. The fourth-order valence-electron chi connectivity index (χ4n) is 3.57. The zero-order chi connectivity index (χ0) is 17.4. The zero-order valence-electron chi connectivity index (χ0n) is 16.2. The van der Waals surface area contributed by atoms with Crippen LogP contribution in [0.3, 0.4) is 0 Å². The number of hydrogen-bond acceptors (Lipinski definition) is 3. The molecule has 2 saturated heterocycles. The van der Waals surface area contributed by atoms with E-state index in [1.807, 2.05) is 13.2 Å². The Balaban J connectivity index is 0.00000225. The summed E-state index contributed by atoms with van der Waals surface area (Å²) in [5.41, 5.74) is 1.68. The number of aliphatic imine (C=N–C) groups is 1. The van der Waals surface area contributed by atoms with Gasteiger partial charge in [-0.3, -0.25) is 4.99 Å². The van der Waals surface area contributed by atoms with Crippen molar-refractivity contribution in [3.8, 4) is 0 Å². The number of likely N-dealkylation sites (tertiary alicyclic amines) is 1. The Morgan fingerprint density at radius 2 is 1.92 bits per heavy atom. The molecule has 140 valence electrons. The number of guanidine groups is 1. The molecule has 3 heterocycles. The smallest absolute Gasteiger partial charge is 0.194 e. The van der Waals surface area contributed by atoms with Crippen LogP contribution in [0.2, 0.25) is 0 Å². The van der Waals surface area contributed by atoms with Crippen molar-refractivity contribution in [2.24, 2.45) is 10.4 Å². The second kappa shape index (κ2) is 7.68. The molecule has 0 atom stereocenters. The molecule has 0 saturated carbocycles. The van der Waals surface area contributed by atoms with E-state index in [2.05, 4.69) is 64.9 Å². The van der Waals surface area contributed by atoms with Gasteiger partial charge in [0, 0.05) is 50.4 Å². The molecule has 1 aromatic rings. The van der Waals surface area contributed by atoms with Gasteiger partial charge in [-0.2, -0.15) is 0 Å². The van der Waals surface area contributed by atoms with Gasteiger partial charge in [-0.25, -0.2) is 4.98 Å². The van der Waals surface area contributed by atoms with E-state index in [1.165, 1.54) is 18.4 Å². The predicted octanol–water partition coefficient (Wildman–Crippen LogP) is 3.50. The van der Waals surface area contributed by atoms with Crippen LogP contribution < -0.4 is 10.2 Å². The minimum absolute atomic E-state index is 0. The van der Waals surface area contributed by atoms with E-state index in [9.17, 15) is 0 Å². The molecule has 2 aliphatic heterocycles. The standard InChI is InChI=1S/C19H31N5.HI/c1-18(2)14-24(19(18,3)4)17(20-5)22-13-15-8-9-21-16(12-15)23-10-6-7-11-23;/h8-9,12H,6-7,10-11,13-14H2,1-5H3,(H,20,22);1H. The fraction of sp³-hybridized carbons (Fsp3) is 0.684. The average Bonchev–Trinajstić information content (AvgIpc) is 3.09. The van der Waals surface area contributed by atoms with E-state index in [0.29, 0.717) is 5.41 Å². The average molecular weight is 457 g/mol. The minimum atomic E-state index is 0. The normalized spacial score (nSPS) is 21.6. The summed E-state index contributed by atoms with van der Waals surface area (Å²) in [5.74, 6) is 2.09. The highest BCUT2D eigenvalue weighted by molar-refractivity contribution is 14.0. The van der Waals surface area contributed by atoms with Crippen molar-refractivity contribution in [2.75, 3.05) is 31.6 Å². The SMILES string of the molecule is CN=C(NCc1ccnc(N2CCCC2)c1)N1CC(C)(C)C1(C)C.I. The summed E-state index contributed by atoms with van der Waals surface area (Å²) < 4.78 is 0. The molecule has 0 aliphatic carbocycles. The van der Waals surface area contributed by atoms with E-state index in [1.54, 1.807) is 0 Å². The number of nitrogens with one attached hydrogen (secondary N) is 1. The molecular formula is C19H32IN5. The van der Waals surface area contributed by atoms with Crippen molar-refractivity contribution in [2.45, 2.75) is 52.6 Å². The van der Waals surface area contributed by atoms with E-state index in [-0.39, 0.29) is 29.5 Å². The van der Waals surface area contributed by atoms with E-state index >= 15 is 0 Å². The van der Waals surface area contributed by atoms with Crippen LogP contribution in [-0.4, -0.2) is 48.1 Å². The molecule has 25 heavy (non-hydrogen) atoms. The van der Waals surface area contributed by atoms with Gasteiger partial charge in [0.1, 0.15) is 5.82 Å². The number of aromatic nitrogens is 1. The number of nitrogens with zero attached hydrogens (tertiary/aromatic N) is 4. The first-order chi connectivity index (χ1) is 11.3. The molecule has 2 fully saturated rings. The highest BCUT2D eigenvalue weighted by atomic mass is 127. The molecule has 0 spiro atoms. The third kappa shape index (κ3) is 3.88. The summed E-state index contributed by atoms with van der Waals surface area (Å²) >= 11 is 0. The topological polar surface area (TPSA) is 43.8 Å². The van der Waals surface area contributed by atoms with Gasteiger partial charge in [0.25, 0.3) is 0 Å². The zero-order valence-corrected chi connectivity index (χ0v) is 18.5. The summed E-state index contributed by atoms with van der Waals surface area (Å²) in [6.45, 7) is 13.3. The third-order valence-corrected chi connectivity index (χ3v) is 6.04. The molecule has 5 nitrogen and oxygen atoms in total. The van der Waals surface area contributed by atoms with Gasteiger partial charge < -0.3 is 15.1 Å². The first kappa shape index (κ1) is 20.3. The van der Waals surface area contributed by atoms with E-state index in [0.717, 1.165) is 38.0 Å². The Morgan fingerprint density at radius 1 is 1.24 bits per heavy atom. The highest BCUT2D eigenvalue weighted by Gasteiger charge is 2.53. The molecule has 0 amide bonds. The van der Waals surface area contributed by atoms with Gasteiger partial charge in [-0.15, -0.1) is 24.0 Å². The number of halogens is 1. The maximum Gasteiger partial charge on any atom is 0.194 e. The molecule has 1 aromatic heterocycles. The maximum absolute atomic E-state index is 4.53. The fourth-order valence-corrected chi connectivity index (χ4v) is 3.57. The van der Waals surface area contributed by atoms with Crippen LogP contribution in [0.15, 0.2) is 23.3 Å². The lowest BCUT2D eigenvalue weighted by Crippen LogP contribution is -2.72. The molecule has 2 aliphatic rings. The Hall–Kier alpha value is -1.05. The number of hydrogen-bond donors (Lipinski definition) is 1. The summed E-state index contributed by atoms with van der Waals surface area (Å²) in [6.07, 6.45) is 4.47. The third-order valence-electron chi connectivity index (χ3n) is 6.04. The van der Waals surface area contributed by atoms with Crippen molar-refractivity contribution in [1.82, 2.24) is 15.2 Å². The van der Waals surface area contributed by atoms with Crippen molar-refractivity contribution >= 4 is 35.8 Å². The molecule has 0 unspecified atom stereocenters. The Bertz CT molecular complexity index is 620. The van der Waals surface area contributed by atoms with Crippen LogP contribution in [0.4, 0.5) is 5.82 Å². The minimum Gasteiger partial charge on any atom is -0.357 e. The molecule has 0 bridgehead atoms. The molecule has 1 N–H and O–H groups in total. The van der Waals surface area contributed by atoms with Crippen LogP contribution in [0.1, 0.15) is 46.1 Å². The van der Waals surface area contributed by atoms with E-state index < -0.39 is 0 Å². The van der Waals surface area contributed by atoms with Gasteiger partial charge in [0.2, 0.25) is 0 Å². The van der Waals surface area contributed by atoms with Gasteiger partial charge in [-0.05, 0) is 44.4 Å².